The predicted molar refractivity (Wildman–Crippen MR) is 132 cm³/mol. The number of hydrogen-bond acceptors (Lipinski definition) is 5. The molecule has 4 bridgehead atoms. The Labute approximate surface area is 211 Å². The Balaban J connectivity index is 1.34. The highest BCUT2D eigenvalue weighted by molar-refractivity contribution is 5.40. The van der Waals surface area contributed by atoms with E-state index in [2.05, 4.69) is 34.6 Å². The van der Waals surface area contributed by atoms with E-state index in [0.29, 0.717) is 17.9 Å². The van der Waals surface area contributed by atoms with Gasteiger partial charge >= 0.3 is 0 Å². The lowest BCUT2D eigenvalue weighted by atomic mass is 9.52. The lowest BCUT2D eigenvalue weighted by molar-refractivity contribution is -0.280. The van der Waals surface area contributed by atoms with Gasteiger partial charge in [0.25, 0.3) is 0 Å². The molecular weight excluding hydrogens is 440 g/mol. The van der Waals surface area contributed by atoms with Gasteiger partial charge in [-0.2, -0.15) is 0 Å². The molecule has 5 heteroatoms. The molecule has 4 saturated heterocycles. The number of rotatable bonds is 1. The second-order valence-electron chi connectivity index (χ2n) is 15.2. The highest BCUT2D eigenvalue weighted by Gasteiger charge is 2.80. The highest BCUT2D eigenvalue weighted by Crippen LogP contribution is 2.76. The lowest BCUT2D eigenvalue weighted by Gasteiger charge is -2.52. The van der Waals surface area contributed by atoms with Gasteiger partial charge in [-0.3, -0.25) is 0 Å². The Morgan fingerprint density at radius 2 is 1.71 bits per heavy atom. The van der Waals surface area contributed by atoms with Crippen LogP contribution in [0.1, 0.15) is 99.8 Å². The van der Waals surface area contributed by atoms with Crippen molar-refractivity contribution in [1.29, 1.82) is 0 Å². The zero-order valence-electron chi connectivity index (χ0n) is 22.8. The first kappa shape index (κ1) is 23.6. The van der Waals surface area contributed by atoms with Crippen LogP contribution < -0.4 is 0 Å². The van der Waals surface area contributed by atoms with Crippen molar-refractivity contribution in [2.45, 2.75) is 141 Å². The lowest BCUT2D eigenvalue weighted by Crippen LogP contribution is -2.52. The molecule has 35 heavy (non-hydrogen) atoms. The topological polar surface area (TPSA) is 68.2 Å². The third kappa shape index (κ3) is 2.50. The number of hydrogen-bond donors (Lipinski definition) is 2. The Morgan fingerprint density at radius 1 is 0.971 bits per heavy atom. The first-order valence-electron chi connectivity index (χ1n) is 14.4. The van der Waals surface area contributed by atoms with Crippen molar-refractivity contribution in [1.82, 2.24) is 0 Å². The Hall–Kier alpha value is -0.460. The fourth-order valence-corrected chi connectivity index (χ4v) is 11.3. The summed E-state index contributed by atoms with van der Waals surface area (Å²) in [6, 6.07) is 0. The van der Waals surface area contributed by atoms with E-state index < -0.39 is 29.0 Å². The maximum absolute atomic E-state index is 12.4. The van der Waals surface area contributed by atoms with E-state index in [-0.39, 0.29) is 28.5 Å². The van der Waals surface area contributed by atoms with Gasteiger partial charge in [0.05, 0.1) is 23.4 Å². The van der Waals surface area contributed by atoms with Gasteiger partial charge in [0, 0.05) is 11.3 Å². The van der Waals surface area contributed by atoms with Gasteiger partial charge in [-0.25, -0.2) is 0 Å². The van der Waals surface area contributed by atoms with Crippen LogP contribution in [0.25, 0.3) is 0 Å². The van der Waals surface area contributed by atoms with Crippen molar-refractivity contribution in [3.63, 3.8) is 0 Å². The van der Waals surface area contributed by atoms with E-state index in [0.717, 1.165) is 38.5 Å². The third-order valence-corrected chi connectivity index (χ3v) is 12.9. The molecule has 2 N–H and O–H groups in total. The Kier molecular flexibility index (Phi) is 4.44. The van der Waals surface area contributed by atoms with Crippen molar-refractivity contribution in [3.05, 3.63) is 11.1 Å². The molecule has 0 aromatic carbocycles. The van der Waals surface area contributed by atoms with Gasteiger partial charge in [-0.05, 0) is 87.9 Å². The second-order valence-corrected chi connectivity index (χ2v) is 15.2. The van der Waals surface area contributed by atoms with Crippen molar-refractivity contribution < 1.29 is 24.4 Å². The molecule has 5 nitrogen and oxygen atoms in total. The van der Waals surface area contributed by atoms with Gasteiger partial charge < -0.3 is 24.4 Å². The predicted octanol–water partition coefficient (Wildman–Crippen LogP) is 5.13. The quantitative estimate of drug-likeness (QED) is 0.503. The first-order chi connectivity index (χ1) is 16.2. The number of aliphatic hydroxyl groups is 2. The fraction of sp³-hybridized carbons (Fsp3) is 0.933. The van der Waals surface area contributed by atoms with Crippen LogP contribution in [-0.2, 0) is 14.2 Å². The molecule has 7 aliphatic rings. The highest BCUT2D eigenvalue weighted by atomic mass is 16.8. The normalized spacial score (nSPS) is 58.0. The van der Waals surface area contributed by atoms with Gasteiger partial charge in [0.2, 0.25) is 0 Å². The molecule has 4 aliphatic heterocycles. The average molecular weight is 487 g/mol. The smallest absolute Gasteiger partial charge is 0.199 e. The maximum atomic E-state index is 12.4. The molecule has 0 amide bonds. The molecule has 3 aliphatic carbocycles. The van der Waals surface area contributed by atoms with Crippen LogP contribution in [0.5, 0.6) is 0 Å². The summed E-state index contributed by atoms with van der Waals surface area (Å²) in [6.07, 6.45) is 7.68. The zero-order valence-corrected chi connectivity index (χ0v) is 22.8. The van der Waals surface area contributed by atoms with Gasteiger partial charge in [0.1, 0.15) is 12.2 Å². The summed E-state index contributed by atoms with van der Waals surface area (Å²) >= 11 is 0. The second kappa shape index (κ2) is 6.57. The van der Waals surface area contributed by atoms with Crippen LogP contribution >= 0.6 is 0 Å². The third-order valence-electron chi connectivity index (χ3n) is 12.9. The van der Waals surface area contributed by atoms with Crippen LogP contribution in [0, 0.1) is 34.0 Å². The van der Waals surface area contributed by atoms with Gasteiger partial charge in [0.15, 0.2) is 5.79 Å². The molecule has 0 aromatic rings. The molecule has 0 radical (unpaired) electrons. The average Bonchev–Trinajstić information content (AvgIpc) is 3.36. The number of aliphatic hydroxyl groups excluding tert-OH is 1. The molecule has 7 rings (SSSR count). The number of fused-ring (bicyclic) bond motifs is 5. The largest absolute Gasteiger partial charge is 0.388 e. The maximum Gasteiger partial charge on any atom is 0.199 e. The molecule has 5 fully saturated rings. The van der Waals surface area contributed by atoms with E-state index in [4.69, 9.17) is 14.2 Å². The summed E-state index contributed by atoms with van der Waals surface area (Å²) in [4.78, 5) is 0. The number of ether oxygens (including phenoxy) is 3. The summed E-state index contributed by atoms with van der Waals surface area (Å²) in [5.41, 5.74) is 1.73. The van der Waals surface area contributed by atoms with E-state index >= 15 is 0 Å². The first-order valence-corrected chi connectivity index (χ1v) is 14.4. The van der Waals surface area contributed by atoms with Crippen LogP contribution in [0.3, 0.4) is 0 Å². The molecule has 1 saturated carbocycles. The van der Waals surface area contributed by atoms with Crippen molar-refractivity contribution in [2.24, 2.45) is 34.0 Å². The van der Waals surface area contributed by atoms with E-state index in [1.165, 1.54) is 18.4 Å². The van der Waals surface area contributed by atoms with Crippen LogP contribution in [0.4, 0.5) is 0 Å². The zero-order chi connectivity index (χ0) is 25.0. The molecule has 11 atom stereocenters. The van der Waals surface area contributed by atoms with Gasteiger partial charge in [-0.1, -0.05) is 45.8 Å². The summed E-state index contributed by atoms with van der Waals surface area (Å²) in [7, 11) is 0. The monoisotopic (exact) mass is 486 g/mol. The SMILES string of the molecule is C[C@@H]1CC2O[C@]3(OC2C(C)(C)O)[C@H]1[C@@]1(C)CCC2=C(CC[C@H]4C(C)(C)[C@@H]5CC[C@]4(C2)O5)[C@]1(C)[C@H]3O. The standard InChI is InChI=1S/C30H46O5/c1-16-14-19-23(26(4,5)32)35-30(33-19)22(16)27(6)12-10-17-15-29-13-11-21(34-29)25(2,3)20(29)9-8-18(17)28(27,7)24(30)31/h16,19-24,31-32H,8-15H2,1-7H3/t16-,19?,20+,21+,22-,23?,24-,27-,28-,29-,30+/m1/s1. The minimum absolute atomic E-state index is 0.00525. The van der Waals surface area contributed by atoms with Crippen molar-refractivity contribution in [3.8, 4) is 0 Å². The van der Waals surface area contributed by atoms with Crippen LogP contribution in [0.15, 0.2) is 11.1 Å². The molecule has 4 heterocycles. The van der Waals surface area contributed by atoms with Crippen LogP contribution in [-0.4, -0.2) is 51.6 Å². The fourth-order valence-electron chi connectivity index (χ4n) is 11.3. The summed E-state index contributed by atoms with van der Waals surface area (Å²) < 4.78 is 20.3. The van der Waals surface area contributed by atoms with Crippen LogP contribution in [0.2, 0.25) is 0 Å². The molecule has 2 spiro atoms. The Bertz CT molecular complexity index is 995. The molecule has 2 unspecified atom stereocenters. The van der Waals surface area contributed by atoms with E-state index in [1.807, 2.05) is 13.8 Å². The summed E-state index contributed by atoms with van der Waals surface area (Å²) in [5.74, 6) is 0.0201. The summed E-state index contributed by atoms with van der Waals surface area (Å²) in [6.45, 7) is 15.5. The molecular formula is C30H46O5. The van der Waals surface area contributed by atoms with E-state index in [9.17, 15) is 10.2 Å². The minimum atomic E-state index is -1.03. The van der Waals surface area contributed by atoms with Crippen molar-refractivity contribution in [2.75, 3.05) is 0 Å². The Morgan fingerprint density at radius 3 is 2.43 bits per heavy atom. The van der Waals surface area contributed by atoms with Gasteiger partial charge in [-0.15, -0.1) is 0 Å². The minimum Gasteiger partial charge on any atom is -0.388 e. The van der Waals surface area contributed by atoms with Crippen molar-refractivity contribution >= 4 is 0 Å². The molecule has 0 aromatic heterocycles. The van der Waals surface area contributed by atoms with E-state index in [1.54, 1.807) is 5.57 Å². The molecule has 196 valence electrons. The summed E-state index contributed by atoms with van der Waals surface area (Å²) in [5, 5.41) is 23.3.